The molecule has 19 heavy (non-hydrogen) atoms. The molecule has 108 valence electrons. The monoisotopic (exact) mass is 264 g/mol. The van der Waals surface area contributed by atoms with Crippen molar-refractivity contribution in [3.8, 4) is 5.88 Å². The SMILES string of the molecule is CC(C)CNCc1cccnc1OC(C)CC(C)C. The lowest BCUT2D eigenvalue weighted by molar-refractivity contribution is 0.183. The van der Waals surface area contributed by atoms with Crippen LogP contribution in [0, 0.1) is 11.8 Å². The number of aromatic nitrogens is 1. The van der Waals surface area contributed by atoms with Crippen molar-refractivity contribution in [3.05, 3.63) is 23.9 Å². The van der Waals surface area contributed by atoms with Gasteiger partial charge in [0.25, 0.3) is 0 Å². The summed E-state index contributed by atoms with van der Waals surface area (Å²) in [6.45, 7) is 12.8. The molecule has 0 saturated carbocycles. The number of pyridine rings is 1. The Morgan fingerprint density at radius 1 is 1.16 bits per heavy atom. The van der Waals surface area contributed by atoms with Crippen LogP contribution in [0.5, 0.6) is 5.88 Å². The van der Waals surface area contributed by atoms with E-state index >= 15 is 0 Å². The fourth-order valence-corrected chi connectivity index (χ4v) is 2.06. The molecule has 0 aromatic carbocycles. The van der Waals surface area contributed by atoms with Crippen LogP contribution in [0.3, 0.4) is 0 Å². The molecule has 1 aromatic heterocycles. The standard InChI is InChI=1S/C16H28N2O/c1-12(2)9-14(5)19-16-15(7-6-8-18-16)11-17-10-13(3)4/h6-8,12-14,17H,9-11H2,1-5H3. The maximum Gasteiger partial charge on any atom is 0.218 e. The predicted molar refractivity (Wildman–Crippen MR) is 80.3 cm³/mol. The molecular weight excluding hydrogens is 236 g/mol. The molecule has 0 amide bonds. The Kier molecular flexibility index (Phi) is 6.85. The average molecular weight is 264 g/mol. The van der Waals surface area contributed by atoms with E-state index in [1.807, 2.05) is 6.07 Å². The number of ether oxygens (including phenoxy) is 1. The van der Waals surface area contributed by atoms with E-state index in [1.54, 1.807) is 6.20 Å². The van der Waals surface area contributed by atoms with Gasteiger partial charge in [-0.3, -0.25) is 0 Å². The van der Waals surface area contributed by atoms with Crippen LogP contribution in [0.2, 0.25) is 0 Å². The van der Waals surface area contributed by atoms with Crippen molar-refractivity contribution in [2.24, 2.45) is 11.8 Å². The van der Waals surface area contributed by atoms with Gasteiger partial charge in [0, 0.05) is 18.3 Å². The van der Waals surface area contributed by atoms with Crippen molar-refractivity contribution in [1.29, 1.82) is 0 Å². The molecule has 0 spiro atoms. The topological polar surface area (TPSA) is 34.2 Å². The molecule has 0 aliphatic carbocycles. The number of nitrogens with one attached hydrogen (secondary N) is 1. The Labute approximate surface area is 117 Å². The van der Waals surface area contributed by atoms with Crippen LogP contribution in [0.15, 0.2) is 18.3 Å². The second-order valence-electron chi connectivity index (χ2n) is 6.05. The van der Waals surface area contributed by atoms with Crippen LogP contribution in [0.1, 0.15) is 46.6 Å². The third kappa shape index (κ3) is 6.58. The summed E-state index contributed by atoms with van der Waals surface area (Å²) in [5.41, 5.74) is 1.14. The minimum Gasteiger partial charge on any atom is -0.474 e. The first-order valence-corrected chi connectivity index (χ1v) is 7.30. The van der Waals surface area contributed by atoms with E-state index in [0.717, 1.165) is 31.0 Å². The zero-order chi connectivity index (χ0) is 14.3. The molecule has 1 atom stereocenters. The smallest absolute Gasteiger partial charge is 0.218 e. The second-order valence-corrected chi connectivity index (χ2v) is 6.05. The highest BCUT2D eigenvalue weighted by atomic mass is 16.5. The van der Waals surface area contributed by atoms with Crippen LogP contribution in [-0.2, 0) is 6.54 Å². The van der Waals surface area contributed by atoms with Gasteiger partial charge >= 0.3 is 0 Å². The molecule has 0 saturated heterocycles. The van der Waals surface area contributed by atoms with E-state index in [-0.39, 0.29) is 6.10 Å². The normalized spacial score (nSPS) is 13.0. The molecule has 3 heteroatoms. The summed E-state index contributed by atoms with van der Waals surface area (Å²) in [5.74, 6) is 2.06. The van der Waals surface area contributed by atoms with E-state index in [0.29, 0.717) is 11.8 Å². The molecule has 0 aliphatic heterocycles. The third-order valence-electron chi connectivity index (χ3n) is 2.83. The Hall–Kier alpha value is -1.09. The molecule has 1 unspecified atom stereocenters. The average Bonchev–Trinajstić information content (AvgIpc) is 2.29. The molecule has 0 fully saturated rings. The number of hydrogen-bond acceptors (Lipinski definition) is 3. The largest absolute Gasteiger partial charge is 0.474 e. The predicted octanol–water partition coefficient (Wildman–Crippen LogP) is 3.64. The molecule has 1 aromatic rings. The highest BCUT2D eigenvalue weighted by Crippen LogP contribution is 2.18. The summed E-state index contributed by atoms with van der Waals surface area (Å²) in [4.78, 5) is 4.36. The fraction of sp³-hybridized carbons (Fsp3) is 0.688. The summed E-state index contributed by atoms with van der Waals surface area (Å²) in [6, 6.07) is 4.05. The van der Waals surface area contributed by atoms with Crippen molar-refractivity contribution in [1.82, 2.24) is 10.3 Å². The van der Waals surface area contributed by atoms with Gasteiger partial charge in [-0.15, -0.1) is 0 Å². The molecule has 0 radical (unpaired) electrons. The van der Waals surface area contributed by atoms with Crippen molar-refractivity contribution >= 4 is 0 Å². The minimum atomic E-state index is 0.207. The van der Waals surface area contributed by atoms with Gasteiger partial charge in [-0.2, -0.15) is 0 Å². The Balaban J connectivity index is 2.57. The van der Waals surface area contributed by atoms with Crippen LogP contribution in [0.4, 0.5) is 0 Å². The van der Waals surface area contributed by atoms with Crippen molar-refractivity contribution in [2.75, 3.05) is 6.54 Å². The van der Waals surface area contributed by atoms with Gasteiger partial charge in [0.1, 0.15) is 0 Å². The minimum absolute atomic E-state index is 0.207. The molecule has 3 nitrogen and oxygen atoms in total. The highest BCUT2D eigenvalue weighted by molar-refractivity contribution is 5.25. The molecular formula is C16H28N2O. The second kappa shape index (κ2) is 8.16. The lowest BCUT2D eigenvalue weighted by Gasteiger charge is -2.18. The maximum atomic E-state index is 5.96. The first-order chi connectivity index (χ1) is 8.99. The first-order valence-electron chi connectivity index (χ1n) is 7.30. The quantitative estimate of drug-likeness (QED) is 0.778. The highest BCUT2D eigenvalue weighted by Gasteiger charge is 2.11. The molecule has 1 heterocycles. The van der Waals surface area contributed by atoms with E-state index in [1.165, 1.54) is 0 Å². The molecule has 1 N–H and O–H groups in total. The Bertz CT molecular complexity index is 364. The molecule has 1 rings (SSSR count). The van der Waals surface area contributed by atoms with E-state index in [9.17, 15) is 0 Å². The van der Waals surface area contributed by atoms with E-state index in [2.05, 4.69) is 51.0 Å². The van der Waals surface area contributed by atoms with Gasteiger partial charge in [0.15, 0.2) is 0 Å². The molecule has 0 bridgehead atoms. The Morgan fingerprint density at radius 3 is 2.53 bits per heavy atom. The van der Waals surface area contributed by atoms with Gasteiger partial charge in [-0.1, -0.05) is 33.8 Å². The number of nitrogens with zero attached hydrogens (tertiary/aromatic N) is 1. The molecule has 0 aliphatic rings. The fourth-order valence-electron chi connectivity index (χ4n) is 2.06. The van der Waals surface area contributed by atoms with E-state index in [4.69, 9.17) is 4.74 Å². The van der Waals surface area contributed by atoms with Gasteiger partial charge in [-0.25, -0.2) is 4.98 Å². The van der Waals surface area contributed by atoms with Gasteiger partial charge in [0.2, 0.25) is 5.88 Å². The van der Waals surface area contributed by atoms with Crippen LogP contribution >= 0.6 is 0 Å². The van der Waals surface area contributed by atoms with Crippen LogP contribution in [-0.4, -0.2) is 17.6 Å². The summed E-state index contributed by atoms with van der Waals surface area (Å²) in [5, 5.41) is 3.44. The summed E-state index contributed by atoms with van der Waals surface area (Å²) >= 11 is 0. The van der Waals surface area contributed by atoms with Gasteiger partial charge in [-0.05, 0) is 37.8 Å². The van der Waals surface area contributed by atoms with Crippen LogP contribution in [0.25, 0.3) is 0 Å². The number of rotatable bonds is 8. The summed E-state index contributed by atoms with van der Waals surface area (Å²) in [7, 11) is 0. The van der Waals surface area contributed by atoms with Gasteiger partial charge in [0.05, 0.1) is 6.10 Å². The maximum absolute atomic E-state index is 5.96. The van der Waals surface area contributed by atoms with Crippen molar-refractivity contribution < 1.29 is 4.74 Å². The van der Waals surface area contributed by atoms with Crippen LogP contribution < -0.4 is 10.1 Å². The van der Waals surface area contributed by atoms with Gasteiger partial charge < -0.3 is 10.1 Å². The lowest BCUT2D eigenvalue weighted by Crippen LogP contribution is -2.21. The van der Waals surface area contributed by atoms with E-state index < -0.39 is 0 Å². The zero-order valence-electron chi connectivity index (χ0n) is 12.9. The van der Waals surface area contributed by atoms with Crippen molar-refractivity contribution in [3.63, 3.8) is 0 Å². The lowest BCUT2D eigenvalue weighted by atomic mass is 10.1. The first kappa shape index (κ1) is 16.0. The zero-order valence-corrected chi connectivity index (χ0v) is 12.9. The van der Waals surface area contributed by atoms with Crippen molar-refractivity contribution in [2.45, 2.75) is 53.7 Å². The number of hydrogen-bond donors (Lipinski definition) is 1. The summed E-state index contributed by atoms with van der Waals surface area (Å²) < 4.78 is 5.96. The summed E-state index contributed by atoms with van der Waals surface area (Å²) in [6.07, 6.45) is 3.05. The third-order valence-corrected chi connectivity index (χ3v) is 2.83. The Morgan fingerprint density at radius 2 is 1.89 bits per heavy atom.